The van der Waals surface area contributed by atoms with Crippen molar-refractivity contribution in [2.45, 2.75) is 40.0 Å². The standard InChI is InChI=1S/C22H26Cl2O4/c1-4-10-26-15-13-18(27-11-5-2)21(19(14-15)28-12-6-3)22(25)20-16(23)8-7-9-17(20)24/h7-9,13-14H,4-6,10-12H2,1-3H3. The second kappa shape index (κ2) is 11.2. The van der Waals surface area contributed by atoms with Crippen molar-refractivity contribution < 1.29 is 19.0 Å². The Bertz CT molecular complexity index is 756. The van der Waals surface area contributed by atoms with E-state index < -0.39 is 0 Å². The lowest BCUT2D eigenvalue weighted by Gasteiger charge is -2.18. The molecule has 0 amide bonds. The minimum absolute atomic E-state index is 0.232. The molecule has 2 aromatic rings. The largest absolute Gasteiger partial charge is 0.493 e. The fourth-order valence-electron chi connectivity index (χ4n) is 2.58. The molecular formula is C22H26Cl2O4. The predicted octanol–water partition coefficient (Wildman–Crippen LogP) is 6.59. The minimum Gasteiger partial charge on any atom is -0.493 e. The third kappa shape index (κ3) is 5.55. The Balaban J connectivity index is 2.61. The second-order valence-electron chi connectivity index (χ2n) is 6.27. The zero-order chi connectivity index (χ0) is 20.5. The molecule has 0 aliphatic rings. The van der Waals surface area contributed by atoms with Gasteiger partial charge in [-0.15, -0.1) is 0 Å². The minimum atomic E-state index is -0.338. The first kappa shape index (κ1) is 22.4. The summed E-state index contributed by atoms with van der Waals surface area (Å²) in [7, 11) is 0. The van der Waals surface area contributed by atoms with Gasteiger partial charge >= 0.3 is 0 Å². The Kier molecular flexibility index (Phi) is 8.94. The van der Waals surface area contributed by atoms with Crippen LogP contribution in [0.4, 0.5) is 0 Å². The maximum Gasteiger partial charge on any atom is 0.203 e. The number of halogens is 2. The van der Waals surface area contributed by atoms with Crippen molar-refractivity contribution in [3.8, 4) is 17.2 Å². The van der Waals surface area contributed by atoms with Crippen LogP contribution in [0.3, 0.4) is 0 Å². The summed E-state index contributed by atoms with van der Waals surface area (Å²) in [5.41, 5.74) is 0.538. The first-order valence-corrected chi connectivity index (χ1v) is 10.3. The summed E-state index contributed by atoms with van der Waals surface area (Å²) in [5.74, 6) is 1.07. The van der Waals surface area contributed by atoms with Crippen LogP contribution in [0.25, 0.3) is 0 Å². The lowest BCUT2D eigenvalue weighted by molar-refractivity contribution is 0.103. The fraction of sp³-hybridized carbons (Fsp3) is 0.409. The predicted molar refractivity (Wildman–Crippen MR) is 114 cm³/mol. The summed E-state index contributed by atoms with van der Waals surface area (Å²) < 4.78 is 17.5. The zero-order valence-electron chi connectivity index (χ0n) is 16.5. The molecule has 6 heteroatoms. The van der Waals surface area contributed by atoms with E-state index in [1.807, 2.05) is 20.8 Å². The molecular weight excluding hydrogens is 399 g/mol. The summed E-state index contributed by atoms with van der Waals surface area (Å²) in [5, 5.41) is 0.568. The summed E-state index contributed by atoms with van der Waals surface area (Å²) in [6.45, 7) is 7.50. The number of hydrogen-bond donors (Lipinski definition) is 0. The van der Waals surface area contributed by atoms with Crippen LogP contribution in [0, 0.1) is 0 Å². The highest BCUT2D eigenvalue weighted by molar-refractivity contribution is 6.41. The molecule has 0 aromatic heterocycles. The first-order valence-electron chi connectivity index (χ1n) is 9.58. The van der Waals surface area contributed by atoms with Gasteiger partial charge in [-0.3, -0.25) is 4.79 Å². The normalized spacial score (nSPS) is 10.6. The van der Waals surface area contributed by atoms with Crippen molar-refractivity contribution in [2.24, 2.45) is 0 Å². The van der Waals surface area contributed by atoms with Crippen LogP contribution in [0.15, 0.2) is 30.3 Å². The number of rotatable bonds is 11. The molecule has 0 saturated carbocycles. The summed E-state index contributed by atoms with van der Waals surface area (Å²) >= 11 is 12.6. The van der Waals surface area contributed by atoms with E-state index >= 15 is 0 Å². The average Bonchev–Trinajstić information content (AvgIpc) is 2.68. The third-order valence-corrected chi connectivity index (χ3v) is 4.48. The molecule has 0 heterocycles. The molecule has 28 heavy (non-hydrogen) atoms. The zero-order valence-corrected chi connectivity index (χ0v) is 18.0. The molecule has 0 spiro atoms. The monoisotopic (exact) mass is 424 g/mol. The van der Waals surface area contributed by atoms with E-state index in [9.17, 15) is 4.79 Å². The van der Waals surface area contributed by atoms with Gasteiger partial charge in [-0.2, -0.15) is 0 Å². The van der Waals surface area contributed by atoms with E-state index in [2.05, 4.69) is 0 Å². The Hall–Kier alpha value is -1.91. The highest BCUT2D eigenvalue weighted by Crippen LogP contribution is 2.39. The SMILES string of the molecule is CCCOc1cc(OCCC)c(C(=O)c2c(Cl)cccc2Cl)c(OCCC)c1. The van der Waals surface area contributed by atoms with E-state index in [-0.39, 0.29) is 21.4 Å². The van der Waals surface area contributed by atoms with Gasteiger partial charge in [0.15, 0.2) is 0 Å². The summed E-state index contributed by atoms with van der Waals surface area (Å²) in [6.07, 6.45) is 2.46. The van der Waals surface area contributed by atoms with Gasteiger partial charge in [0, 0.05) is 12.1 Å². The average molecular weight is 425 g/mol. The lowest BCUT2D eigenvalue weighted by Crippen LogP contribution is -2.11. The molecule has 0 fully saturated rings. The van der Waals surface area contributed by atoms with Crippen LogP contribution < -0.4 is 14.2 Å². The first-order chi connectivity index (χ1) is 13.5. The van der Waals surface area contributed by atoms with Crippen molar-refractivity contribution >= 4 is 29.0 Å². The molecule has 0 aliphatic heterocycles. The van der Waals surface area contributed by atoms with Crippen LogP contribution in [0.1, 0.15) is 56.0 Å². The van der Waals surface area contributed by atoms with E-state index in [4.69, 9.17) is 37.4 Å². The molecule has 0 radical (unpaired) electrons. The number of benzene rings is 2. The van der Waals surface area contributed by atoms with Crippen molar-refractivity contribution in [1.82, 2.24) is 0 Å². The maximum atomic E-state index is 13.4. The number of ketones is 1. The van der Waals surface area contributed by atoms with Gasteiger partial charge in [0.1, 0.15) is 22.8 Å². The molecule has 2 rings (SSSR count). The van der Waals surface area contributed by atoms with Crippen molar-refractivity contribution in [2.75, 3.05) is 19.8 Å². The lowest BCUT2D eigenvalue weighted by atomic mass is 10.0. The van der Waals surface area contributed by atoms with Crippen molar-refractivity contribution in [3.05, 3.63) is 51.5 Å². The molecule has 0 unspecified atom stereocenters. The highest BCUT2D eigenvalue weighted by atomic mass is 35.5. The van der Waals surface area contributed by atoms with Crippen molar-refractivity contribution in [1.29, 1.82) is 0 Å². The molecule has 0 bridgehead atoms. The van der Waals surface area contributed by atoms with Gasteiger partial charge in [-0.05, 0) is 31.4 Å². The molecule has 4 nitrogen and oxygen atoms in total. The van der Waals surface area contributed by atoms with Gasteiger partial charge in [-0.1, -0.05) is 50.0 Å². The van der Waals surface area contributed by atoms with Crippen molar-refractivity contribution in [3.63, 3.8) is 0 Å². The van der Waals surface area contributed by atoms with Crippen LogP contribution in [0.2, 0.25) is 10.0 Å². The van der Waals surface area contributed by atoms with Crippen LogP contribution >= 0.6 is 23.2 Å². The number of hydrogen-bond acceptors (Lipinski definition) is 4. The molecule has 0 N–H and O–H groups in total. The smallest absolute Gasteiger partial charge is 0.203 e. The van der Waals surface area contributed by atoms with E-state index in [1.165, 1.54) is 0 Å². The number of carbonyl (C=O) groups excluding carboxylic acids is 1. The fourth-order valence-corrected chi connectivity index (χ4v) is 3.15. The summed E-state index contributed by atoms with van der Waals surface area (Å²) in [6, 6.07) is 8.42. The van der Waals surface area contributed by atoms with Gasteiger partial charge in [0.25, 0.3) is 0 Å². The Morgan fingerprint density at radius 1 is 0.786 bits per heavy atom. The second-order valence-corrected chi connectivity index (χ2v) is 7.08. The topological polar surface area (TPSA) is 44.8 Å². The van der Waals surface area contributed by atoms with Gasteiger partial charge in [0.2, 0.25) is 5.78 Å². The summed E-state index contributed by atoms with van der Waals surface area (Å²) in [4.78, 5) is 13.4. The number of ether oxygens (including phenoxy) is 3. The van der Waals surface area contributed by atoms with Crippen LogP contribution in [0.5, 0.6) is 17.2 Å². The van der Waals surface area contributed by atoms with E-state index in [1.54, 1.807) is 30.3 Å². The van der Waals surface area contributed by atoms with Gasteiger partial charge < -0.3 is 14.2 Å². The highest BCUT2D eigenvalue weighted by Gasteiger charge is 2.26. The van der Waals surface area contributed by atoms with E-state index in [0.717, 1.165) is 19.3 Å². The third-order valence-electron chi connectivity index (χ3n) is 3.85. The Morgan fingerprint density at radius 2 is 1.25 bits per heavy atom. The quantitative estimate of drug-likeness (QED) is 0.381. The van der Waals surface area contributed by atoms with Gasteiger partial charge in [-0.25, -0.2) is 0 Å². The van der Waals surface area contributed by atoms with Crippen LogP contribution in [-0.4, -0.2) is 25.6 Å². The van der Waals surface area contributed by atoms with Crippen LogP contribution in [-0.2, 0) is 0 Å². The molecule has 0 aliphatic carbocycles. The molecule has 0 saturated heterocycles. The molecule has 2 aromatic carbocycles. The maximum absolute atomic E-state index is 13.4. The molecule has 152 valence electrons. The molecule has 0 atom stereocenters. The van der Waals surface area contributed by atoms with Gasteiger partial charge in [0.05, 0.1) is 35.4 Å². The Labute approximate surface area is 176 Å². The van der Waals surface area contributed by atoms with E-state index in [0.29, 0.717) is 42.6 Å². The Morgan fingerprint density at radius 3 is 1.71 bits per heavy atom. The number of carbonyl (C=O) groups is 1.